The van der Waals surface area contributed by atoms with Gasteiger partial charge in [0, 0.05) is 14.7 Å². The fourth-order valence-corrected chi connectivity index (χ4v) is 3.81. The van der Waals surface area contributed by atoms with E-state index in [-0.39, 0.29) is 18.3 Å². The van der Waals surface area contributed by atoms with E-state index >= 15 is 0 Å². The molecule has 0 bridgehead atoms. The van der Waals surface area contributed by atoms with Crippen molar-refractivity contribution in [3.8, 4) is 11.5 Å². The lowest BCUT2D eigenvalue weighted by Gasteiger charge is -2.15. The van der Waals surface area contributed by atoms with Gasteiger partial charge in [-0.05, 0) is 87.4 Å². The topological polar surface area (TPSA) is 59.9 Å². The Labute approximate surface area is 201 Å². The summed E-state index contributed by atoms with van der Waals surface area (Å²) in [5.74, 6) is 0.316. The molecule has 1 amide bonds. The Balaban J connectivity index is 1.73. The van der Waals surface area contributed by atoms with Crippen LogP contribution < -0.4 is 14.9 Å². The van der Waals surface area contributed by atoms with Gasteiger partial charge in [-0.15, -0.1) is 0 Å². The molecule has 31 heavy (non-hydrogen) atoms. The van der Waals surface area contributed by atoms with Crippen LogP contribution in [-0.4, -0.2) is 18.7 Å². The molecule has 0 spiro atoms. The number of halogens is 3. The van der Waals surface area contributed by atoms with E-state index in [1.165, 1.54) is 12.3 Å². The van der Waals surface area contributed by atoms with Crippen LogP contribution in [0.5, 0.6) is 11.5 Å². The van der Waals surface area contributed by atoms with E-state index in [2.05, 4.69) is 49.0 Å². The van der Waals surface area contributed by atoms with Crippen molar-refractivity contribution in [3.05, 3.63) is 91.2 Å². The Morgan fingerprint density at radius 1 is 1.16 bits per heavy atom. The molecule has 0 atom stereocenters. The van der Waals surface area contributed by atoms with Crippen LogP contribution in [0.1, 0.15) is 28.4 Å². The second-order valence-electron chi connectivity index (χ2n) is 6.35. The van der Waals surface area contributed by atoms with Gasteiger partial charge in [0.15, 0.2) is 11.5 Å². The number of nitrogens with one attached hydrogen (secondary N) is 1. The Bertz CT molecular complexity index is 1110. The first-order valence-corrected chi connectivity index (χ1v) is 11.3. The fourth-order valence-electron chi connectivity index (χ4n) is 2.69. The van der Waals surface area contributed by atoms with Gasteiger partial charge < -0.3 is 9.47 Å². The van der Waals surface area contributed by atoms with E-state index in [0.717, 1.165) is 3.57 Å². The zero-order chi connectivity index (χ0) is 22.2. The number of hydrogen-bond acceptors (Lipinski definition) is 4. The van der Waals surface area contributed by atoms with Gasteiger partial charge in [0.05, 0.1) is 17.3 Å². The Hall–Kier alpha value is -2.46. The first kappa shape index (κ1) is 23.2. The highest BCUT2D eigenvalue weighted by molar-refractivity contribution is 14.1. The molecule has 0 radical (unpaired) electrons. The molecule has 8 heteroatoms. The third kappa shape index (κ3) is 6.51. The molecule has 1 N–H and O–H groups in total. The average molecular weight is 597 g/mol. The number of amides is 1. The van der Waals surface area contributed by atoms with Crippen LogP contribution in [0.15, 0.2) is 70.2 Å². The lowest BCUT2D eigenvalue weighted by atomic mass is 10.2. The minimum Gasteiger partial charge on any atom is -0.490 e. The fraction of sp³-hybridized carbons (Fsp3) is 0.130. The van der Waals surface area contributed by atoms with Crippen LogP contribution in [0.4, 0.5) is 4.39 Å². The minimum atomic E-state index is -0.329. The smallest absolute Gasteiger partial charge is 0.271 e. The van der Waals surface area contributed by atoms with E-state index in [4.69, 9.17) is 9.47 Å². The SMILES string of the molecule is CCOc1cc(/C=N\NC(=O)c2cccc(I)c2)cc(Br)c1OCc1ccccc1F. The van der Waals surface area contributed by atoms with Gasteiger partial charge in [-0.25, -0.2) is 9.82 Å². The van der Waals surface area contributed by atoms with Crippen molar-refractivity contribution >= 4 is 50.6 Å². The van der Waals surface area contributed by atoms with E-state index in [0.29, 0.717) is 39.3 Å². The van der Waals surface area contributed by atoms with E-state index in [1.54, 1.807) is 42.5 Å². The van der Waals surface area contributed by atoms with Crippen LogP contribution in [0.3, 0.4) is 0 Å². The first-order valence-electron chi connectivity index (χ1n) is 9.39. The predicted molar refractivity (Wildman–Crippen MR) is 130 cm³/mol. The quantitative estimate of drug-likeness (QED) is 0.199. The molecule has 3 aromatic carbocycles. The molecule has 0 aromatic heterocycles. The van der Waals surface area contributed by atoms with E-state index in [1.807, 2.05) is 19.1 Å². The third-order valence-electron chi connectivity index (χ3n) is 4.13. The summed E-state index contributed by atoms with van der Waals surface area (Å²) in [5, 5.41) is 4.03. The zero-order valence-electron chi connectivity index (χ0n) is 16.6. The van der Waals surface area contributed by atoms with Crippen LogP contribution in [-0.2, 0) is 6.61 Å². The summed E-state index contributed by atoms with van der Waals surface area (Å²) in [6.07, 6.45) is 1.51. The van der Waals surface area contributed by atoms with Crippen molar-refractivity contribution in [3.63, 3.8) is 0 Å². The number of benzene rings is 3. The van der Waals surface area contributed by atoms with Crippen LogP contribution in [0, 0.1) is 9.39 Å². The molecule has 5 nitrogen and oxygen atoms in total. The van der Waals surface area contributed by atoms with Gasteiger partial charge in [-0.1, -0.05) is 24.3 Å². The maximum absolute atomic E-state index is 13.9. The maximum atomic E-state index is 13.9. The number of nitrogens with zero attached hydrogens (tertiary/aromatic N) is 1. The normalized spacial score (nSPS) is 10.8. The summed E-state index contributed by atoms with van der Waals surface area (Å²) in [5.41, 5.74) is 4.17. The summed E-state index contributed by atoms with van der Waals surface area (Å²) in [6, 6.07) is 17.2. The molecule has 0 saturated carbocycles. The van der Waals surface area contributed by atoms with Gasteiger partial charge in [-0.2, -0.15) is 5.10 Å². The number of rotatable bonds is 8. The second-order valence-corrected chi connectivity index (χ2v) is 8.45. The lowest BCUT2D eigenvalue weighted by Crippen LogP contribution is -2.17. The predicted octanol–water partition coefficient (Wildman–Crippen LogP) is 5.93. The summed E-state index contributed by atoms with van der Waals surface area (Å²) < 4.78 is 27.0. The van der Waals surface area contributed by atoms with Gasteiger partial charge in [0.25, 0.3) is 5.91 Å². The zero-order valence-corrected chi connectivity index (χ0v) is 20.3. The number of carbonyl (C=O) groups is 1. The van der Waals surface area contributed by atoms with Crippen molar-refractivity contribution in [2.24, 2.45) is 5.10 Å². The molecule has 0 aliphatic heterocycles. The molecule has 0 fully saturated rings. The highest BCUT2D eigenvalue weighted by Crippen LogP contribution is 2.37. The summed E-state index contributed by atoms with van der Waals surface area (Å²) in [4.78, 5) is 12.2. The van der Waals surface area contributed by atoms with Crippen LogP contribution in [0.25, 0.3) is 0 Å². The molecule has 0 unspecified atom stereocenters. The maximum Gasteiger partial charge on any atom is 0.271 e. The van der Waals surface area contributed by atoms with Gasteiger partial charge >= 0.3 is 0 Å². The molecule has 3 rings (SSSR count). The highest BCUT2D eigenvalue weighted by Gasteiger charge is 2.13. The Morgan fingerprint density at radius 2 is 1.97 bits per heavy atom. The van der Waals surface area contributed by atoms with E-state index < -0.39 is 0 Å². The number of carbonyl (C=O) groups excluding carboxylic acids is 1. The van der Waals surface area contributed by atoms with Gasteiger partial charge in [-0.3, -0.25) is 4.79 Å². The molecule has 0 aliphatic rings. The van der Waals surface area contributed by atoms with Gasteiger partial charge in [0.1, 0.15) is 12.4 Å². The Morgan fingerprint density at radius 3 is 2.71 bits per heavy atom. The Kier molecular flexibility index (Phi) is 8.42. The first-order chi connectivity index (χ1) is 15.0. The molecular weight excluding hydrogens is 578 g/mol. The molecule has 160 valence electrons. The van der Waals surface area contributed by atoms with Crippen molar-refractivity contribution in [2.45, 2.75) is 13.5 Å². The number of hydrogen-bond donors (Lipinski definition) is 1. The standard InChI is InChI=1S/C23H19BrFIN2O3/c1-2-30-21-11-15(13-27-28-23(29)16-7-5-8-18(26)12-16)10-19(24)22(21)31-14-17-6-3-4-9-20(17)25/h3-13H,2,14H2,1H3,(H,28,29)/b27-13-. The van der Waals surface area contributed by atoms with Crippen molar-refractivity contribution in [2.75, 3.05) is 6.61 Å². The molecule has 0 saturated heterocycles. The molecule has 0 aliphatic carbocycles. The van der Waals surface area contributed by atoms with Crippen LogP contribution >= 0.6 is 38.5 Å². The van der Waals surface area contributed by atoms with Crippen molar-refractivity contribution < 1.29 is 18.7 Å². The molecular formula is C23H19BrFIN2O3. The van der Waals surface area contributed by atoms with Crippen molar-refractivity contribution in [1.29, 1.82) is 0 Å². The average Bonchev–Trinajstić information content (AvgIpc) is 2.74. The molecule has 0 heterocycles. The third-order valence-corrected chi connectivity index (χ3v) is 5.39. The highest BCUT2D eigenvalue weighted by atomic mass is 127. The summed E-state index contributed by atoms with van der Waals surface area (Å²) in [6.45, 7) is 2.34. The largest absolute Gasteiger partial charge is 0.490 e. The molecule has 3 aromatic rings. The summed E-state index contributed by atoms with van der Waals surface area (Å²) >= 11 is 5.62. The summed E-state index contributed by atoms with van der Waals surface area (Å²) in [7, 11) is 0. The van der Waals surface area contributed by atoms with Gasteiger partial charge in [0.2, 0.25) is 0 Å². The van der Waals surface area contributed by atoms with Crippen molar-refractivity contribution in [1.82, 2.24) is 5.43 Å². The second kappa shape index (κ2) is 11.2. The minimum absolute atomic E-state index is 0.0602. The van der Waals surface area contributed by atoms with Crippen LogP contribution in [0.2, 0.25) is 0 Å². The monoisotopic (exact) mass is 596 g/mol. The van der Waals surface area contributed by atoms with E-state index in [9.17, 15) is 9.18 Å². The lowest BCUT2D eigenvalue weighted by molar-refractivity contribution is 0.0955. The number of ether oxygens (including phenoxy) is 2. The number of hydrazone groups is 1.